The third-order valence-electron chi connectivity index (χ3n) is 6.44. The standard InChI is InChI=1S/C24H23N7O2/c32-22-15(11-16-8-9-29-30-16)6-7-18-19(22)4-1-5-20(18)33-12-17-3-2-10-31(17)24-21-23(26-13-25-21)27-14-28-24/h1,4-5,8-9,11,13-14,17H,2-3,6-7,10,12H2,(H,29,30)(H,25,26,27,28)/b15-11-/t17-/m1/s1. The number of fused-ring (bicyclic) bond motifs is 2. The molecule has 1 fully saturated rings. The van der Waals surface area contributed by atoms with Crippen LogP contribution in [-0.2, 0) is 6.42 Å². The van der Waals surface area contributed by atoms with E-state index in [1.165, 1.54) is 0 Å². The quantitative estimate of drug-likeness (QED) is 0.457. The van der Waals surface area contributed by atoms with E-state index >= 15 is 0 Å². The molecule has 0 radical (unpaired) electrons. The van der Waals surface area contributed by atoms with Crippen LogP contribution in [0, 0.1) is 0 Å². The number of benzene rings is 1. The minimum Gasteiger partial charge on any atom is -0.491 e. The number of ether oxygens (including phenoxy) is 1. The van der Waals surface area contributed by atoms with Crippen LogP contribution in [0.5, 0.6) is 5.75 Å². The zero-order chi connectivity index (χ0) is 22.2. The fraction of sp³-hybridized carbons (Fsp3) is 0.292. The van der Waals surface area contributed by atoms with Crippen LogP contribution >= 0.6 is 0 Å². The predicted molar refractivity (Wildman–Crippen MR) is 123 cm³/mol. The maximum atomic E-state index is 13.1. The molecule has 0 unspecified atom stereocenters. The summed E-state index contributed by atoms with van der Waals surface area (Å²) < 4.78 is 6.32. The number of anilines is 1. The molecule has 1 aliphatic carbocycles. The van der Waals surface area contributed by atoms with Gasteiger partial charge in [0, 0.05) is 29.4 Å². The fourth-order valence-electron chi connectivity index (χ4n) is 4.82. The van der Waals surface area contributed by atoms with Gasteiger partial charge in [0.25, 0.3) is 0 Å². The molecular formula is C24H23N7O2. The van der Waals surface area contributed by atoms with Crippen molar-refractivity contribution in [3.8, 4) is 5.75 Å². The van der Waals surface area contributed by atoms with E-state index in [1.54, 1.807) is 18.9 Å². The predicted octanol–water partition coefficient (Wildman–Crippen LogP) is 3.34. The van der Waals surface area contributed by atoms with Crippen molar-refractivity contribution in [2.24, 2.45) is 0 Å². The number of H-pyrrole nitrogens is 2. The molecular weight excluding hydrogens is 418 g/mol. The summed E-state index contributed by atoms with van der Waals surface area (Å²) in [6, 6.07) is 7.79. The monoisotopic (exact) mass is 441 g/mol. The maximum Gasteiger partial charge on any atom is 0.189 e. The molecule has 2 aliphatic rings. The number of Topliss-reactive ketones (excluding diaryl/α,β-unsaturated/α-hetero) is 1. The summed E-state index contributed by atoms with van der Waals surface area (Å²) in [5.41, 5.74) is 4.77. The largest absolute Gasteiger partial charge is 0.491 e. The Labute approximate surface area is 189 Å². The third kappa shape index (κ3) is 3.55. The van der Waals surface area contributed by atoms with Gasteiger partial charge in [0.2, 0.25) is 0 Å². The van der Waals surface area contributed by atoms with Crippen LogP contribution < -0.4 is 9.64 Å². The van der Waals surface area contributed by atoms with Crippen LogP contribution in [-0.4, -0.2) is 55.1 Å². The maximum absolute atomic E-state index is 13.1. The van der Waals surface area contributed by atoms with Gasteiger partial charge in [-0.25, -0.2) is 15.0 Å². The number of carbonyl (C=O) groups excluding carboxylic acids is 1. The second kappa shape index (κ2) is 8.16. The Morgan fingerprint density at radius 2 is 2.15 bits per heavy atom. The van der Waals surface area contributed by atoms with Gasteiger partial charge in [0.05, 0.1) is 18.1 Å². The molecule has 1 aromatic carbocycles. The highest BCUT2D eigenvalue weighted by molar-refractivity contribution is 6.13. The summed E-state index contributed by atoms with van der Waals surface area (Å²) in [5, 5.41) is 6.93. The van der Waals surface area contributed by atoms with E-state index in [-0.39, 0.29) is 11.8 Å². The number of ketones is 1. The average Bonchev–Trinajstić information content (AvgIpc) is 3.61. The van der Waals surface area contributed by atoms with Gasteiger partial charge < -0.3 is 14.6 Å². The van der Waals surface area contributed by atoms with Crippen molar-refractivity contribution < 1.29 is 9.53 Å². The van der Waals surface area contributed by atoms with Crippen LogP contribution in [0.1, 0.15) is 40.9 Å². The first kappa shape index (κ1) is 19.7. The van der Waals surface area contributed by atoms with Crippen LogP contribution in [0.15, 0.2) is 48.7 Å². The van der Waals surface area contributed by atoms with E-state index in [2.05, 4.69) is 35.0 Å². The number of allylic oxidation sites excluding steroid dienone is 1. The number of nitrogens with zero attached hydrogens (tertiary/aromatic N) is 5. The van der Waals surface area contributed by atoms with Crippen molar-refractivity contribution in [3.63, 3.8) is 0 Å². The van der Waals surface area contributed by atoms with Gasteiger partial charge in [-0.1, -0.05) is 12.1 Å². The van der Waals surface area contributed by atoms with Gasteiger partial charge in [-0.3, -0.25) is 9.89 Å². The van der Waals surface area contributed by atoms with Crippen LogP contribution in [0.2, 0.25) is 0 Å². The molecule has 0 spiro atoms. The second-order valence-electron chi connectivity index (χ2n) is 8.38. The van der Waals surface area contributed by atoms with Gasteiger partial charge >= 0.3 is 0 Å². The van der Waals surface area contributed by atoms with E-state index in [0.717, 1.165) is 70.9 Å². The minimum atomic E-state index is 0.0501. The van der Waals surface area contributed by atoms with Crippen LogP contribution in [0.25, 0.3) is 17.2 Å². The van der Waals surface area contributed by atoms with Crippen molar-refractivity contribution in [2.75, 3.05) is 18.1 Å². The highest BCUT2D eigenvalue weighted by atomic mass is 16.5. The normalized spacial score (nSPS) is 19.4. The van der Waals surface area contributed by atoms with Crippen molar-refractivity contribution in [1.29, 1.82) is 0 Å². The fourth-order valence-corrected chi connectivity index (χ4v) is 4.82. The lowest BCUT2D eigenvalue weighted by atomic mass is 9.86. The van der Waals surface area contributed by atoms with Crippen molar-refractivity contribution >= 4 is 28.8 Å². The Balaban J connectivity index is 1.22. The lowest BCUT2D eigenvalue weighted by Gasteiger charge is -2.27. The number of aromatic amines is 2. The summed E-state index contributed by atoms with van der Waals surface area (Å²) >= 11 is 0. The number of hydrogen-bond donors (Lipinski definition) is 2. The molecule has 3 aromatic heterocycles. The van der Waals surface area contributed by atoms with Gasteiger partial charge in [-0.2, -0.15) is 5.10 Å². The molecule has 1 saturated heterocycles. The molecule has 2 N–H and O–H groups in total. The first-order chi connectivity index (χ1) is 16.3. The number of rotatable bonds is 5. The summed E-state index contributed by atoms with van der Waals surface area (Å²) in [5.74, 6) is 1.68. The Morgan fingerprint density at radius 1 is 1.18 bits per heavy atom. The molecule has 166 valence electrons. The average molecular weight is 441 g/mol. The first-order valence-electron chi connectivity index (χ1n) is 11.2. The third-order valence-corrected chi connectivity index (χ3v) is 6.44. The summed E-state index contributed by atoms with van der Waals surface area (Å²) in [4.78, 5) is 31.6. The molecule has 0 saturated carbocycles. The second-order valence-corrected chi connectivity index (χ2v) is 8.38. The van der Waals surface area contributed by atoms with E-state index < -0.39 is 0 Å². The SMILES string of the molecule is O=C1/C(=C\c2cc[nH]n2)CCc2c(OC[C@H]3CCCN3c3ncnc4[nH]cnc34)cccc21. The molecule has 0 amide bonds. The Kier molecular flexibility index (Phi) is 4.86. The van der Waals surface area contributed by atoms with Crippen LogP contribution in [0.4, 0.5) is 5.82 Å². The van der Waals surface area contributed by atoms with Crippen molar-refractivity contribution in [3.05, 3.63) is 65.5 Å². The topological polar surface area (TPSA) is 113 Å². The molecule has 6 rings (SSSR count). The molecule has 9 nitrogen and oxygen atoms in total. The number of aromatic nitrogens is 6. The molecule has 4 aromatic rings. The number of carbonyl (C=O) groups is 1. The lowest BCUT2D eigenvalue weighted by molar-refractivity contribution is 0.102. The van der Waals surface area contributed by atoms with E-state index in [1.807, 2.05) is 30.3 Å². The van der Waals surface area contributed by atoms with Crippen molar-refractivity contribution in [1.82, 2.24) is 30.1 Å². The minimum absolute atomic E-state index is 0.0501. The molecule has 9 heteroatoms. The summed E-state index contributed by atoms with van der Waals surface area (Å²) in [6.45, 7) is 1.43. The molecule has 0 bridgehead atoms. The molecule has 4 heterocycles. The molecule has 1 atom stereocenters. The van der Waals surface area contributed by atoms with Gasteiger partial charge in [-0.05, 0) is 43.9 Å². The summed E-state index contributed by atoms with van der Waals surface area (Å²) in [7, 11) is 0. The number of nitrogens with one attached hydrogen (secondary N) is 2. The summed E-state index contributed by atoms with van der Waals surface area (Å²) in [6.07, 6.45) is 10.4. The highest BCUT2D eigenvalue weighted by Gasteiger charge is 2.30. The first-order valence-corrected chi connectivity index (χ1v) is 11.2. The van der Waals surface area contributed by atoms with Gasteiger partial charge in [0.15, 0.2) is 17.2 Å². The van der Waals surface area contributed by atoms with Crippen molar-refractivity contribution in [2.45, 2.75) is 31.7 Å². The molecule has 33 heavy (non-hydrogen) atoms. The Bertz CT molecular complexity index is 1340. The van der Waals surface area contributed by atoms with E-state index in [4.69, 9.17) is 4.74 Å². The van der Waals surface area contributed by atoms with E-state index in [9.17, 15) is 4.79 Å². The smallest absolute Gasteiger partial charge is 0.189 e. The van der Waals surface area contributed by atoms with Gasteiger partial charge in [0.1, 0.15) is 24.2 Å². The highest BCUT2D eigenvalue weighted by Crippen LogP contribution is 2.34. The number of hydrogen-bond acceptors (Lipinski definition) is 7. The Hall–Kier alpha value is -4.01. The zero-order valence-electron chi connectivity index (χ0n) is 18.0. The Morgan fingerprint density at radius 3 is 3.06 bits per heavy atom. The zero-order valence-corrected chi connectivity index (χ0v) is 18.0. The number of imidazole rings is 1. The van der Waals surface area contributed by atoms with Gasteiger partial charge in [-0.15, -0.1) is 0 Å². The van der Waals surface area contributed by atoms with Crippen LogP contribution in [0.3, 0.4) is 0 Å². The lowest BCUT2D eigenvalue weighted by Crippen LogP contribution is -2.35. The van der Waals surface area contributed by atoms with E-state index in [0.29, 0.717) is 13.0 Å². The molecule has 1 aliphatic heterocycles.